The summed E-state index contributed by atoms with van der Waals surface area (Å²) < 4.78 is 28.4. The van der Waals surface area contributed by atoms with Crippen LogP contribution in [0.3, 0.4) is 0 Å². The summed E-state index contributed by atoms with van der Waals surface area (Å²) in [4.78, 5) is 11.4. The predicted molar refractivity (Wildman–Crippen MR) is 76.1 cm³/mol. The van der Waals surface area contributed by atoms with Gasteiger partial charge in [-0.05, 0) is 43.5 Å². The number of ether oxygens (including phenoxy) is 1. The van der Waals surface area contributed by atoms with Gasteiger partial charge in [0, 0.05) is 0 Å². The van der Waals surface area contributed by atoms with Crippen LogP contribution in [0.25, 0.3) is 0 Å². The van der Waals surface area contributed by atoms with E-state index in [4.69, 9.17) is 15.1 Å². The molecule has 0 aliphatic carbocycles. The first kappa shape index (κ1) is 16.9. The number of carbonyl (C=O) groups excluding carboxylic acids is 1. The minimum absolute atomic E-state index is 0.0405. The van der Waals surface area contributed by atoms with Crippen molar-refractivity contribution in [1.29, 1.82) is 5.26 Å². The summed E-state index contributed by atoms with van der Waals surface area (Å²) in [5, 5.41) is 15.9. The number of amides is 1. The molecule has 1 rings (SSSR count). The topological polar surface area (TPSA) is 122 Å². The van der Waals surface area contributed by atoms with Gasteiger partial charge in [-0.3, -0.25) is 4.79 Å². The number of rotatable bonds is 5. The number of nitriles is 1. The third-order valence-corrected chi connectivity index (χ3v) is 4.03. The molecule has 0 aliphatic rings. The van der Waals surface area contributed by atoms with Gasteiger partial charge in [-0.15, -0.1) is 0 Å². The van der Waals surface area contributed by atoms with Crippen LogP contribution in [0.5, 0.6) is 5.75 Å². The maximum atomic E-state index is 11.5. The molecule has 21 heavy (non-hydrogen) atoms. The number of nitrogens with one attached hydrogen (secondary N) is 1. The van der Waals surface area contributed by atoms with E-state index in [1.807, 2.05) is 0 Å². The van der Waals surface area contributed by atoms with Crippen molar-refractivity contribution >= 4 is 15.9 Å². The second kappa shape index (κ2) is 6.56. The first-order valence-electron chi connectivity index (χ1n) is 6.08. The molecular weight excluding hydrogens is 294 g/mol. The van der Waals surface area contributed by atoms with Gasteiger partial charge < -0.3 is 10.1 Å². The zero-order valence-electron chi connectivity index (χ0n) is 12.1. The summed E-state index contributed by atoms with van der Waals surface area (Å²) in [7, 11) is -3.81. The number of nitrogens with two attached hydrogens (primary N) is 1. The lowest BCUT2D eigenvalue weighted by Gasteiger charge is -2.16. The molecule has 0 radical (unpaired) electrons. The van der Waals surface area contributed by atoms with Gasteiger partial charge in [0.15, 0.2) is 6.61 Å². The van der Waals surface area contributed by atoms with E-state index in [0.29, 0.717) is 22.4 Å². The highest BCUT2D eigenvalue weighted by atomic mass is 32.2. The Morgan fingerprint density at radius 1 is 1.38 bits per heavy atom. The third kappa shape index (κ3) is 4.18. The number of primary sulfonamides is 1. The quantitative estimate of drug-likeness (QED) is 0.756. The Morgan fingerprint density at radius 3 is 2.52 bits per heavy atom. The summed E-state index contributed by atoms with van der Waals surface area (Å²) in [6.07, 6.45) is 0. The molecule has 0 atom stereocenters. The number of hydrogen-bond acceptors (Lipinski definition) is 5. The van der Waals surface area contributed by atoms with E-state index in [-0.39, 0.29) is 18.0 Å². The molecule has 0 spiro atoms. The van der Waals surface area contributed by atoms with Crippen LogP contribution in [-0.4, -0.2) is 27.5 Å². The van der Waals surface area contributed by atoms with Crippen LogP contribution in [0.1, 0.15) is 16.7 Å². The molecule has 0 aromatic heterocycles. The molecule has 0 unspecified atom stereocenters. The van der Waals surface area contributed by atoms with Crippen molar-refractivity contribution < 1.29 is 17.9 Å². The highest BCUT2D eigenvalue weighted by Crippen LogP contribution is 2.30. The molecule has 0 heterocycles. The smallest absolute Gasteiger partial charge is 0.258 e. The van der Waals surface area contributed by atoms with E-state index >= 15 is 0 Å². The van der Waals surface area contributed by atoms with E-state index in [1.54, 1.807) is 26.8 Å². The van der Waals surface area contributed by atoms with Gasteiger partial charge in [0.2, 0.25) is 10.0 Å². The minimum atomic E-state index is -3.81. The van der Waals surface area contributed by atoms with Gasteiger partial charge in [0.05, 0.1) is 11.0 Å². The van der Waals surface area contributed by atoms with Gasteiger partial charge in [-0.2, -0.15) is 5.26 Å². The second-order valence-corrected chi connectivity index (χ2v) is 6.07. The predicted octanol–water partition coefficient (Wildman–Crippen LogP) is 0.278. The average molecular weight is 311 g/mol. The molecule has 0 bridgehead atoms. The lowest BCUT2D eigenvalue weighted by Crippen LogP contribution is -2.29. The Labute approximate surface area is 123 Å². The summed E-state index contributed by atoms with van der Waals surface area (Å²) in [5.41, 5.74) is 1.65. The zero-order valence-corrected chi connectivity index (χ0v) is 12.9. The van der Waals surface area contributed by atoms with E-state index < -0.39 is 15.9 Å². The minimum Gasteiger partial charge on any atom is -0.483 e. The molecule has 0 fully saturated rings. The van der Waals surface area contributed by atoms with Crippen molar-refractivity contribution in [3.8, 4) is 11.8 Å². The van der Waals surface area contributed by atoms with E-state index in [9.17, 15) is 13.2 Å². The monoisotopic (exact) mass is 311 g/mol. The van der Waals surface area contributed by atoms with Crippen LogP contribution in [-0.2, 0) is 14.8 Å². The van der Waals surface area contributed by atoms with Crippen molar-refractivity contribution in [2.75, 3.05) is 13.2 Å². The standard InChI is InChI=1S/C13H17N3O4S/c1-8-6-11(21(15,18)19)9(2)10(3)13(8)20-7-12(17)16-5-4-14/h6H,5,7H2,1-3H3,(H,16,17)(H2,15,18,19). The van der Waals surface area contributed by atoms with Gasteiger partial charge in [0.1, 0.15) is 12.3 Å². The van der Waals surface area contributed by atoms with Crippen molar-refractivity contribution in [3.63, 3.8) is 0 Å². The van der Waals surface area contributed by atoms with E-state index in [2.05, 4.69) is 5.32 Å². The van der Waals surface area contributed by atoms with Crippen LogP contribution in [0.2, 0.25) is 0 Å². The van der Waals surface area contributed by atoms with E-state index in [1.165, 1.54) is 6.07 Å². The number of carbonyl (C=O) groups is 1. The molecular formula is C13H17N3O4S. The third-order valence-electron chi connectivity index (χ3n) is 3.00. The lowest BCUT2D eigenvalue weighted by atomic mass is 10.1. The SMILES string of the molecule is Cc1cc(S(N)(=O)=O)c(C)c(C)c1OCC(=O)NCC#N. The molecule has 1 aromatic carbocycles. The second-order valence-electron chi connectivity index (χ2n) is 4.54. The lowest BCUT2D eigenvalue weighted by molar-refractivity contribution is -0.122. The highest BCUT2D eigenvalue weighted by molar-refractivity contribution is 7.89. The molecule has 8 heteroatoms. The van der Waals surface area contributed by atoms with Gasteiger partial charge >= 0.3 is 0 Å². The van der Waals surface area contributed by atoms with Gasteiger partial charge in [-0.1, -0.05) is 0 Å². The fourth-order valence-corrected chi connectivity index (χ4v) is 2.79. The fourth-order valence-electron chi connectivity index (χ4n) is 1.87. The summed E-state index contributed by atoms with van der Waals surface area (Å²) >= 11 is 0. The molecule has 3 N–H and O–H groups in total. The average Bonchev–Trinajstić information content (AvgIpc) is 2.39. The maximum absolute atomic E-state index is 11.5. The Balaban J connectivity index is 3.04. The number of benzene rings is 1. The van der Waals surface area contributed by atoms with Crippen LogP contribution < -0.4 is 15.2 Å². The van der Waals surface area contributed by atoms with Crippen LogP contribution in [0, 0.1) is 32.1 Å². The Bertz CT molecular complexity index is 705. The van der Waals surface area contributed by atoms with Crippen molar-refractivity contribution in [3.05, 3.63) is 22.8 Å². The zero-order chi connectivity index (χ0) is 16.2. The maximum Gasteiger partial charge on any atom is 0.258 e. The highest BCUT2D eigenvalue weighted by Gasteiger charge is 2.18. The number of sulfonamides is 1. The first-order valence-corrected chi connectivity index (χ1v) is 7.63. The van der Waals surface area contributed by atoms with Gasteiger partial charge in [-0.25, -0.2) is 13.6 Å². The van der Waals surface area contributed by atoms with Crippen LogP contribution >= 0.6 is 0 Å². The molecule has 114 valence electrons. The Morgan fingerprint density at radius 2 is 2.00 bits per heavy atom. The van der Waals surface area contributed by atoms with Crippen molar-refractivity contribution in [2.24, 2.45) is 5.14 Å². The largest absolute Gasteiger partial charge is 0.483 e. The molecule has 1 aromatic rings. The van der Waals surface area contributed by atoms with Crippen LogP contribution in [0.15, 0.2) is 11.0 Å². The number of nitrogens with zero attached hydrogens (tertiary/aromatic N) is 1. The van der Waals surface area contributed by atoms with Gasteiger partial charge in [0.25, 0.3) is 5.91 Å². The first-order chi connectivity index (χ1) is 9.68. The summed E-state index contributed by atoms with van der Waals surface area (Å²) in [6.45, 7) is 4.64. The Kier molecular flexibility index (Phi) is 5.29. The summed E-state index contributed by atoms with van der Waals surface area (Å²) in [5.74, 6) is 0.00975. The van der Waals surface area contributed by atoms with Crippen LogP contribution in [0.4, 0.5) is 0 Å². The van der Waals surface area contributed by atoms with Crippen molar-refractivity contribution in [1.82, 2.24) is 5.32 Å². The number of aryl methyl sites for hydroxylation is 1. The molecule has 1 amide bonds. The normalized spacial score (nSPS) is 10.8. The molecule has 0 saturated carbocycles. The Hall–Kier alpha value is -2.11. The van der Waals surface area contributed by atoms with Crippen molar-refractivity contribution in [2.45, 2.75) is 25.7 Å². The van der Waals surface area contributed by atoms with E-state index in [0.717, 1.165) is 0 Å². The molecule has 0 saturated heterocycles. The molecule has 0 aliphatic heterocycles. The number of hydrogen-bond donors (Lipinski definition) is 2. The fraction of sp³-hybridized carbons (Fsp3) is 0.385. The summed E-state index contributed by atoms with van der Waals surface area (Å²) in [6, 6.07) is 3.20. The molecule has 7 nitrogen and oxygen atoms in total.